The Morgan fingerprint density at radius 3 is 2.82 bits per heavy atom. The van der Waals surface area contributed by atoms with Crippen molar-refractivity contribution in [3.8, 4) is 6.07 Å². The number of thiophene rings is 1. The molecular formula is C25H38N6O2S. The van der Waals surface area contributed by atoms with Crippen molar-refractivity contribution in [2.75, 3.05) is 45.0 Å². The summed E-state index contributed by atoms with van der Waals surface area (Å²) in [6, 6.07) is 2.30. The molecule has 3 aliphatic rings. The molecule has 2 saturated heterocycles. The van der Waals surface area contributed by atoms with E-state index in [9.17, 15) is 14.9 Å². The van der Waals surface area contributed by atoms with Crippen LogP contribution in [-0.2, 0) is 17.6 Å². The molecule has 34 heavy (non-hydrogen) atoms. The first-order valence-electron chi connectivity index (χ1n) is 12.9. The van der Waals surface area contributed by atoms with E-state index in [-0.39, 0.29) is 23.8 Å². The van der Waals surface area contributed by atoms with E-state index in [2.05, 4.69) is 28.5 Å². The minimum absolute atomic E-state index is 0.0778. The minimum Gasteiger partial charge on any atom is -0.389 e. The highest BCUT2D eigenvalue weighted by molar-refractivity contribution is 7.16. The Kier molecular flexibility index (Phi) is 8.46. The average molecular weight is 487 g/mol. The van der Waals surface area contributed by atoms with Crippen molar-refractivity contribution in [2.24, 2.45) is 11.8 Å². The third kappa shape index (κ3) is 5.56. The Hall–Kier alpha value is -2.15. The van der Waals surface area contributed by atoms with Crippen LogP contribution in [0.3, 0.4) is 0 Å². The zero-order chi connectivity index (χ0) is 24.1. The van der Waals surface area contributed by atoms with E-state index >= 15 is 0 Å². The van der Waals surface area contributed by atoms with Crippen LogP contribution in [-0.4, -0.2) is 67.0 Å². The molecular weight excluding hydrogens is 448 g/mol. The van der Waals surface area contributed by atoms with Crippen LogP contribution in [0, 0.1) is 23.2 Å². The number of nitrogens with two attached hydrogens (primary N) is 1. The monoisotopic (exact) mass is 486 g/mol. The van der Waals surface area contributed by atoms with Crippen LogP contribution >= 0.6 is 11.3 Å². The number of likely N-dealkylation sites (tertiary alicyclic amines) is 1. The second kappa shape index (κ2) is 11.5. The fraction of sp³-hybridized carbons (Fsp3) is 0.720. The molecule has 1 aliphatic carbocycles. The first kappa shape index (κ1) is 25.0. The highest BCUT2D eigenvalue weighted by atomic mass is 32.1. The van der Waals surface area contributed by atoms with Gasteiger partial charge >= 0.3 is 6.03 Å². The van der Waals surface area contributed by atoms with Crippen molar-refractivity contribution in [1.29, 1.82) is 5.26 Å². The number of imide groups is 1. The maximum atomic E-state index is 13.5. The number of urea groups is 1. The number of amides is 3. The van der Waals surface area contributed by atoms with Gasteiger partial charge in [-0.3, -0.25) is 9.69 Å². The number of carbonyl (C=O) groups is 2. The fourth-order valence-electron chi connectivity index (χ4n) is 5.67. The van der Waals surface area contributed by atoms with E-state index in [0.717, 1.165) is 57.3 Å². The molecule has 0 unspecified atom stereocenters. The Morgan fingerprint density at radius 1 is 1.29 bits per heavy atom. The SMILES string of the molecule is CCCCN(C(=O)NCCN1CCCCC1)C(=O)[C@H]1CN[C@@H]2Cc3sc(N)c(C#N)c3C[C@H]2C1. The fourth-order valence-corrected chi connectivity index (χ4v) is 6.78. The maximum Gasteiger partial charge on any atom is 0.324 e. The van der Waals surface area contributed by atoms with Gasteiger partial charge in [0.25, 0.3) is 0 Å². The van der Waals surface area contributed by atoms with E-state index in [0.29, 0.717) is 36.2 Å². The van der Waals surface area contributed by atoms with Crippen molar-refractivity contribution in [3.05, 3.63) is 16.0 Å². The number of hydrogen-bond donors (Lipinski definition) is 3. The van der Waals surface area contributed by atoms with Gasteiger partial charge in [-0.05, 0) is 63.1 Å². The Bertz CT molecular complexity index is 919. The van der Waals surface area contributed by atoms with Crippen LogP contribution < -0.4 is 16.4 Å². The zero-order valence-corrected chi connectivity index (χ0v) is 21.1. The molecule has 0 radical (unpaired) electrons. The molecule has 1 aromatic rings. The summed E-state index contributed by atoms with van der Waals surface area (Å²) in [7, 11) is 0. The standard InChI is InChI=1S/C25H38N6O2S/c1-2-3-10-31(25(33)28-7-11-30-8-5-4-6-9-30)24(32)18-12-17-13-19-20(15-26)23(27)34-22(19)14-21(17)29-16-18/h17-18,21,29H,2-14,16,27H2,1H3,(H,28,33)/t17-,18-,21-/m1/s1. The van der Waals surface area contributed by atoms with Gasteiger partial charge in [-0.1, -0.05) is 19.8 Å². The van der Waals surface area contributed by atoms with Crippen LogP contribution in [0.5, 0.6) is 0 Å². The Labute approximate surface area is 206 Å². The topological polar surface area (TPSA) is 114 Å². The van der Waals surface area contributed by atoms with Crippen LogP contribution in [0.25, 0.3) is 0 Å². The maximum absolute atomic E-state index is 13.5. The normalized spacial score (nSPS) is 24.5. The Morgan fingerprint density at radius 2 is 2.09 bits per heavy atom. The minimum atomic E-state index is -0.263. The molecule has 8 nitrogen and oxygen atoms in total. The van der Waals surface area contributed by atoms with Gasteiger partial charge < -0.3 is 21.3 Å². The lowest BCUT2D eigenvalue weighted by molar-refractivity contribution is -0.134. The highest BCUT2D eigenvalue weighted by Crippen LogP contribution is 2.40. The predicted octanol–water partition coefficient (Wildman–Crippen LogP) is 2.72. The van der Waals surface area contributed by atoms with Crippen LogP contribution in [0.1, 0.15) is 61.5 Å². The summed E-state index contributed by atoms with van der Waals surface area (Å²) in [6.45, 7) is 6.71. The number of hydrogen-bond acceptors (Lipinski definition) is 7. The van der Waals surface area contributed by atoms with Crippen molar-refractivity contribution < 1.29 is 9.59 Å². The van der Waals surface area contributed by atoms with Crippen LogP contribution in [0.15, 0.2) is 0 Å². The summed E-state index contributed by atoms with van der Waals surface area (Å²) < 4.78 is 0. The van der Waals surface area contributed by atoms with Crippen molar-refractivity contribution in [2.45, 2.75) is 64.3 Å². The molecule has 0 spiro atoms. The molecule has 0 saturated carbocycles. The van der Waals surface area contributed by atoms with E-state index in [1.807, 2.05) is 0 Å². The largest absolute Gasteiger partial charge is 0.389 e. The number of rotatable bonds is 7. The second-order valence-corrected chi connectivity index (χ2v) is 11.1. The molecule has 1 aromatic heterocycles. The molecule has 3 atom stereocenters. The third-order valence-corrected chi connectivity index (χ3v) is 8.72. The number of unbranched alkanes of at least 4 members (excludes halogenated alkanes) is 1. The number of nitrogens with one attached hydrogen (secondary N) is 2. The van der Waals surface area contributed by atoms with Gasteiger partial charge in [-0.15, -0.1) is 11.3 Å². The van der Waals surface area contributed by atoms with Gasteiger partial charge in [0, 0.05) is 37.1 Å². The summed E-state index contributed by atoms with van der Waals surface area (Å²) in [4.78, 5) is 31.5. The molecule has 4 N–H and O–H groups in total. The quantitative estimate of drug-likeness (QED) is 0.546. The number of carbonyl (C=O) groups excluding carboxylic acids is 2. The lowest BCUT2D eigenvalue weighted by atomic mass is 9.75. The molecule has 0 aromatic carbocycles. The number of nitrogens with zero attached hydrogens (tertiary/aromatic N) is 3. The Balaban J connectivity index is 1.36. The smallest absolute Gasteiger partial charge is 0.324 e. The van der Waals surface area contributed by atoms with Gasteiger partial charge in [-0.25, -0.2) is 4.79 Å². The number of piperidine rings is 2. The predicted molar refractivity (Wildman–Crippen MR) is 135 cm³/mol. The summed E-state index contributed by atoms with van der Waals surface area (Å²) in [5.41, 5.74) is 7.76. The summed E-state index contributed by atoms with van der Waals surface area (Å²) >= 11 is 1.52. The molecule has 2 aliphatic heterocycles. The van der Waals surface area contributed by atoms with Crippen molar-refractivity contribution in [3.63, 3.8) is 0 Å². The molecule has 3 heterocycles. The lowest BCUT2D eigenvalue weighted by Crippen LogP contribution is -2.55. The van der Waals surface area contributed by atoms with Crippen molar-refractivity contribution >= 4 is 28.3 Å². The van der Waals surface area contributed by atoms with E-state index in [4.69, 9.17) is 5.73 Å². The summed E-state index contributed by atoms with van der Waals surface area (Å²) in [6.07, 6.45) is 7.83. The first-order valence-corrected chi connectivity index (χ1v) is 13.7. The van der Waals surface area contributed by atoms with Gasteiger partial charge in [-0.2, -0.15) is 5.26 Å². The van der Waals surface area contributed by atoms with E-state index in [1.54, 1.807) is 0 Å². The zero-order valence-electron chi connectivity index (χ0n) is 20.3. The van der Waals surface area contributed by atoms with E-state index in [1.165, 1.54) is 40.4 Å². The number of nitriles is 1. The van der Waals surface area contributed by atoms with E-state index < -0.39 is 0 Å². The molecule has 186 valence electrons. The van der Waals surface area contributed by atoms with Gasteiger partial charge in [0.2, 0.25) is 5.91 Å². The van der Waals surface area contributed by atoms with Crippen LogP contribution in [0.4, 0.5) is 9.80 Å². The lowest BCUT2D eigenvalue weighted by Gasteiger charge is -2.40. The average Bonchev–Trinajstić information content (AvgIpc) is 3.16. The van der Waals surface area contributed by atoms with Gasteiger partial charge in [0.05, 0.1) is 11.5 Å². The van der Waals surface area contributed by atoms with Crippen LogP contribution in [0.2, 0.25) is 0 Å². The molecule has 2 fully saturated rings. The molecule has 4 rings (SSSR count). The third-order valence-electron chi connectivity index (χ3n) is 7.63. The van der Waals surface area contributed by atoms with Gasteiger partial charge in [0.1, 0.15) is 11.1 Å². The molecule has 9 heteroatoms. The summed E-state index contributed by atoms with van der Waals surface area (Å²) in [5, 5.41) is 16.7. The highest BCUT2D eigenvalue weighted by Gasteiger charge is 2.40. The van der Waals surface area contributed by atoms with Crippen molar-refractivity contribution in [1.82, 2.24) is 20.4 Å². The number of fused-ring (bicyclic) bond motifs is 2. The molecule has 3 amide bonds. The second-order valence-electron chi connectivity index (χ2n) is 9.95. The summed E-state index contributed by atoms with van der Waals surface area (Å²) in [5.74, 6) is -0.0356. The molecule has 0 bridgehead atoms. The van der Waals surface area contributed by atoms with Gasteiger partial charge in [0.15, 0.2) is 0 Å². The number of nitrogen functional groups attached to an aromatic ring is 1. The first-order chi connectivity index (χ1) is 16.5. The number of anilines is 1.